The van der Waals surface area contributed by atoms with Gasteiger partial charge in [0.15, 0.2) is 0 Å². The van der Waals surface area contributed by atoms with E-state index in [1.807, 2.05) is 0 Å². The zero-order chi connectivity index (χ0) is 23.7. The third-order valence-corrected chi connectivity index (χ3v) is 4.58. The lowest BCUT2D eigenvalue weighted by Gasteiger charge is -2.09. The van der Waals surface area contributed by atoms with E-state index in [1.54, 1.807) is 0 Å². The molecular weight excluding hydrogens is 439 g/mol. The number of nitrogens with one attached hydrogen (secondary N) is 1. The number of halogens is 2. The Bertz CT molecular complexity index is 883. The molecule has 2 rings (SSSR count). The zero-order valence-corrected chi connectivity index (χ0v) is 18.4. The number of aromatic nitrogens is 1. The van der Waals surface area contributed by atoms with Crippen molar-refractivity contribution in [3.05, 3.63) is 39.8 Å². The Labute approximate surface area is 190 Å². The van der Waals surface area contributed by atoms with Gasteiger partial charge in [-0.15, -0.1) is 5.10 Å². The second-order valence-electron chi connectivity index (χ2n) is 6.98. The average Bonchev–Trinajstić information content (AvgIpc) is 3.34. The van der Waals surface area contributed by atoms with Crippen LogP contribution in [0, 0.1) is 0 Å². The number of nitrogens with zero attached hydrogens (tertiary/aromatic N) is 6. The van der Waals surface area contributed by atoms with Gasteiger partial charge in [-0.2, -0.15) is 5.10 Å². The fourth-order valence-electron chi connectivity index (χ4n) is 2.92. The fraction of sp³-hybridized carbons (Fsp3) is 0.632. The second kappa shape index (κ2) is 15.9. The molecule has 0 aliphatic heterocycles. The number of azide groups is 1. The molecule has 0 radical (unpaired) electrons. The maximum Gasteiger partial charge on any atom is 0.678 e. The summed E-state index contributed by atoms with van der Waals surface area (Å²) in [4.78, 5) is 14.9. The van der Waals surface area contributed by atoms with Gasteiger partial charge in [0.1, 0.15) is 5.49 Å². The molecule has 1 fully saturated rings. The van der Waals surface area contributed by atoms with Crippen LogP contribution in [0.5, 0.6) is 0 Å². The summed E-state index contributed by atoms with van der Waals surface area (Å²) < 4.78 is 43.3. The van der Waals surface area contributed by atoms with Crippen LogP contribution in [-0.4, -0.2) is 76.2 Å². The predicted octanol–water partition coefficient (Wildman–Crippen LogP) is 2.18. The molecular formula is C19H28BF2N7O4. The first kappa shape index (κ1) is 26.5. The number of rotatable bonds is 15. The second-order valence-corrected chi connectivity index (χ2v) is 6.98. The van der Waals surface area contributed by atoms with Crippen molar-refractivity contribution in [1.82, 2.24) is 9.79 Å². The van der Waals surface area contributed by atoms with Crippen LogP contribution in [0.15, 0.2) is 33.6 Å². The van der Waals surface area contributed by atoms with Crippen LogP contribution in [0.4, 0.5) is 8.63 Å². The predicted molar refractivity (Wildman–Crippen MR) is 118 cm³/mol. The molecule has 1 aliphatic carbocycles. The number of carbonyl (C=O) groups is 1. The monoisotopic (exact) mass is 467 g/mol. The largest absolute Gasteiger partial charge is 0.678 e. The molecule has 33 heavy (non-hydrogen) atoms. The maximum atomic E-state index is 13.4. The quantitative estimate of drug-likeness (QED) is 0.106. The molecule has 0 unspecified atom stereocenters. The standard InChI is InChI=1S/C19H28BF2N7O4/c21-20(22)29-15-16(5-6-18(29)27-26-17-3-1-2-4-17)19(30)24-7-9-31-11-13-33-14-12-32-10-8-25-28-23/h5-6,15H,1-4,7-14H2,(H,24,30)/b27-18-. The summed E-state index contributed by atoms with van der Waals surface area (Å²) in [6, 6.07) is 2.79. The molecule has 0 spiro atoms. The highest BCUT2D eigenvalue weighted by atomic mass is 19.2. The Kier molecular flexibility index (Phi) is 12.8. The minimum Gasteiger partial charge on any atom is -0.379 e. The van der Waals surface area contributed by atoms with E-state index in [0.717, 1.165) is 37.6 Å². The first-order chi connectivity index (χ1) is 16.1. The van der Waals surface area contributed by atoms with Crippen molar-refractivity contribution in [3.8, 4) is 0 Å². The number of hydrogen-bond acceptors (Lipinski definition) is 7. The van der Waals surface area contributed by atoms with Gasteiger partial charge in [0.2, 0.25) is 0 Å². The van der Waals surface area contributed by atoms with Crippen molar-refractivity contribution in [2.75, 3.05) is 52.7 Å². The highest BCUT2D eigenvalue weighted by molar-refractivity contribution is 6.40. The molecule has 1 amide bonds. The van der Waals surface area contributed by atoms with E-state index >= 15 is 0 Å². The SMILES string of the molecule is [N-]=[N+]=NCCOCCOCCOCCNC(=O)c1cc/c(=N/N=C2CCCC2)n(B(F)F)c1. The van der Waals surface area contributed by atoms with E-state index < -0.39 is 13.3 Å². The van der Waals surface area contributed by atoms with Gasteiger partial charge in [0.05, 0.1) is 45.2 Å². The van der Waals surface area contributed by atoms with Crippen LogP contribution < -0.4 is 10.8 Å². The Balaban J connectivity index is 1.66. The maximum absolute atomic E-state index is 13.4. The summed E-state index contributed by atoms with van der Waals surface area (Å²) in [6.45, 7) is 2.55. The van der Waals surface area contributed by atoms with Gasteiger partial charge in [-0.25, -0.2) is 0 Å². The van der Waals surface area contributed by atoms with Crippen molar-refractivity contribution in [3.63, 3.8) is 0 Å². The number of pyridine rings is 1. The molecule has 1 heterocycles. The molecule has 0 bridgehead atoms. The molecule has 14 heteroatoms. The van der Waals surface area contributed by atoms with Crippen molar-refractivity contribution in [2.45, 2.75) is 25.7 Å². The van der Waals surface area contributed by atoms with Gasteiger partial charge in [-0.1, -0.05) is 5.11 Å². The molecule has 0 saturated heterocycles. The smallest absolute Gasteiger partial charge is 0.379 e. The zero-order valence-electron chi connectivity index (χ0n) is 18.4. The van der Waals surface area contributed by atoms with Gasteiger partial charge in [-0.3, -0.25) is 13.4 Å². The van der Waals surface area contributed by atoms with Crippen LogP contribution in [0.3, 0.4) is 0 Å². The summed E-state index contributed by atoms with van der Waals surface area (Å²) in [5.74, 6) is -0.490. The molecule has 1 aliphatic rings. The van der Waals surface area contributed by atoms with Crippen LogP contribution in [0.25, 0.3) is 10.4 Å². The lowest BCUT2D eigenvalue weighted by atomic mass is 10.2. The van der Waals surface area contributed by atoms with Gasteiger partial charge in [-0.05, 0) is 43.3 Å². The Morgan fingerprint density at radius 1 is 1.06 bits per heavy atom. The van der Waals surface area contributed by atoms with E-state index in [9.17, 15) is 13.4 Å². The van der Waals surface area contributed by atoms with E-state index in [2.05, 4.69) is 25.5 Å². The molecule has 0 aromatic carbocycles. The summed E-state index contributed by atoms with van der Waals surface area (Å²) in [7, 11) is -2.85. The average molecular weight is 467 g/mol. The molecule has 1 N–H and O–H groups in total. The minimum atomic E-state index is -2.85. The fourth-order valence-corrected chi connectivity index (χ4v) is 2.92. The number of carbonyl (C=O) groups excluding carboxylic acids is 1. The van der Waals surface area contributed by atoms with E-state index in [4.69, 9.17) is 19.7 Å². The summed E-state index contributed by atoms with van der Waals surface area (Å²) in [5, 5.41) is 14.0. The normalized spacial score (nSPS) is 13.6. The molecule has 0 atom stereocenters. The highest BCUT2D eigenvalue weighted by Crippen LogP contribution is 2.14. The number of ether oxygens (including phenoxy) is 3. The van der Waals surface area contributed by atoms with Crippen molar-refractivity contribution < 1.29 is 27.6 Å². The Hall–Kier alpha value is -2.80. The molecule has 1 aromatic heterocycles. The van der Waals surface area contributed by atoms with E-state index in [1.165, 1.54) is 12.1 Å². The first-order valence-electron chi connectivity index (χ1n) is 10.7. The van der Waals surface area contributed by atoms with Gasteiger partial charge in [0, 0.05) is 29.9 Å². The van der Waals surface area contributed by atoms with Crippen LogP contribution in [-0.2, 0) is 14.2 Å². The summed E-state index contributed by atoms with van der Waals surface area (Å²) in [5.41, 5.74) is 9.09. The van der Waals surface area contributed by atoms with Crippen LogP contribution in [0.1, 0.15) is 36.0 Å². The molecule has 180 valence electrons. The Morgan fingerprint density at radius 3 is 2.39 bits per heavy atom. The van der Waals surface area contributed by atoms with Crippen molar-refractivity contribution >= 4 is 19.0 Å². The first-order valence-corrected chi connectivity index (χ1v) is 10.7. The topological polar surface area (TPSA) is 135 Å². The third-order valence-electron chi connectivity index (χ3n) is 4.58. The minimum absolute atomic E-state index is 0.00893. The van der Waals surface area contributed by atoms with Crippen LogP contribution in [0.2, 0.25) is 0 Å². The molecule has 1 aromatic rings. The van der Waals surface area contributed by atoms with Gasteiger partial charge in [0.25, 0.3) is 5.91 Å². The van der Waals surface area contributed by atoms with Gasteiger partial charge >= 0.3 is 7.40 Å². The molecule has 1 saturated carbocycles. The lowest BCUT2D eigenvalue weighted by molar-refractivity contribution is 0.0166. The van der Waals surface area contributed by atoms with Crippen LogP contribution >= 0.6 is 0 Å². The van der Waals surface area contributed by atoms with Crippen molar-refractivity contribution in [1.29, 1.82) is 0 Å². The lowest BCUT2D eigenvalue weighted by Crippen LogP contribution is -2.32. The van der Waals surface area contributed by atoms with E-state index in [-0.39, 0.29) is 30.7 Å². The highest BCUT2D eigenvalue weighted by Gasteiger charge is 2.19. The van der Waals surface area contributed by atoms with E-state index in [0.29, 0.717) is 37.5 Å². The summed E-state index contributed by atoms with van der Waals surface area (Å²) in [6.07, 6.45) is 4.81. The Morgan fingerprint density at radius 2 is 1.73 bits per heavy atom. The summed E-state index contributed by atoms with van der Waals surface area (Å²) >= 11 is 0. The molecule has 11 nitrogen and oxygen atoms in total. The number of hydrogen-bond donors (Lipinski definition) is 1. The van der Waals surface area contributed by atoms with Crippen molar-refractivity contribution in [2.24, 2.45) is 15.3 Å². The number of amides is 1. The third kappa shape index (κ3) is 10.6. The van der Waals surface area contributed by atoms with Gasteiger partial charge < -0.3 is 24.0 Å².